The van der Waals surface area contributed by atoms with Gasteiger partial charge in [0.25, 0.3) is 0 Å². The van der Waals surface area contributed by atoms with E-state index in [1.54, 1.807) is 0 Å². The molecule has 2 atom stereocenters. The lowest BCUT2D eigenvalue weighted by atomic mass is 9.60. The van der Waals surface area contributed by atoms with Crippen molar-refractivity contribution in [1.82, 2.24) is 0 Å². The molecule has 366 valence electrons. The van der Waals surface area contributed by atoms with Crippen LogP contribution < -0.4 is 16.1 Å². The van der Waals surface area contributed by atoms with Crippen molar-refractivity contribution in [2.75, 3.05) is 4.90 Å². The first kappa shape index (κ1) is 49.7. The molecular formula is C70H73BN2. The molecule has 1 heterocycles. The van der Waals surface area contributed by atoms with E-state index < -0.39 is 5.41 Å². The van der Waals surface area contributed by atoms with E-state index in [0.717, 1.165) is 42.7 Å². The summed E-state index contributed by atoms with van der Waals surface area (Å²) in [5.74, 6) is 2.88. The van der Waals surface area contributed by atoms with Gasteiger partial charge in [-0.2, -0.15) is 0 Å². The Morgan fingerprint density at radius 1 is 0.753 bits per heavy atom. The number of rotatable bonds is 10. The van der Waals surface area contributed by atoms with Crippen LogP contribution in [0, 0.1) is 19.3 Å². The fourth-order valence-corrected chi connectivity index (χ4v) is 13.7. The van der Waals surface area contributed by atoms with Gasteiger partial charge >= 0.3 is 0 Å². The van der Waals surface area contributed by atoms with Crippen molar-refractivity contribution in [3.63, 3.8) is 0 Å². The molecule has 73 heavy (non-hydrogen) atoms. The number of hydrogen-bond donors (Lipinski definition) is 1. The van der Waals surface area contributed by atoms with Gasteiger partial charge in [0.1, 0.15) is 7.85 Å². The number of allylic oxidation sites excluding steroid dienone is 8. The minimum atomic E-state index is -0.697. The third kappa shape index (κ3) is 8.00. The summed E-state index contributed by atoms with van der Waals surface area (Å²) in [6.07, 6.45) is 19.2. The molecule has 2 N–H and O–H groups in total. The molecule has 3 heteroatoms. The minimum absolute atomic E-state index is 0.0238. The molecule has 0 bridgehead atoms. The molecule has 0 saturated heterocycles. The topological polar surface area (TPSA) is 29.3 Å². The van der Waals surface area contributed by atoms with Gasteiger partial charge < -0.3 is 10.6 Å². The Hall–Kier alpha value is -6.86. The van der Waals surface area contributed by atoms with Gasteiger partial charge in [-0.05, 0) is 147 Å². The zero-order valence-corrected chi connectivity index (χ0v) is 45.3. The summed E-state index contributed by atoms with van der Waals surface area (Å²) in [5, 5.41) is 0. The van der Waals surface area contributed by atoms with E-state index in [-0.39, 0.29) is 28.2 Å². The van der Waals surface area contributed by atoms with Crippen LogP contribution in [0.1, 0.15) is 150 Å². The third-order valence-corrected chi connectivity index (χ3v) is 17.6. The van der Waals surface area contributed by atoms with E-state index in [4.69, 9.17) is 12.2 Å². The Labute approximate surface area is 438 Å². The van der Waals surface area contributed by atoms with E-state index in [1.807, 2.05) is 6.08 Å². The number of hydrogen-bond acceptors (Lipinski definition) is 2. The lowest BCUT2D eigenvalue weighted by Crippen LogP contribution is -2.43. The van der Waals surface area contributed by atoms with Gasteiger partial charge in [0.2, 0.25) is 0 Å². The Morgan fingerprint density at radius 3 is 2.03 bits per heavy atom. The molecule has 1 aliphatic heterocycles. The van der Waals surface area contributed by atoms with Crippen LogP contribution in [0.3, 0.4) is 0 Å². The fourth-order valence-electron chi connectivity index (χ4n) is 13.7. The molecular weight excluding hydrogens is 880 g/mol. The molecule has 0 amide bonds. The molecule has 0 saturated carbocycles. The Morgan fingerprint density at radius 2 is 1.37 bits per heavy atom. The first-order valence-corrected chi connectivity index (χ1v) is 26.8. The summed E-state index contributed by atoms with van der Waals surface area (Å²) in [6, 6.07) is 54.3. The number of nitrogens with two attached hydrogens (primary N) is 1. The van der Waals surface area contributed by atoms with Crippen LogP contribution in [0.4, 0.5) is 5.69 Å². The fraction of sp³-hybridized carbons (Fsp3) is 0.286. The van der Waals surface area contributed by atoms with E-state index in [2.05, 4.69) is 252 Å². The predicted molar refractivity (Wildman–Crippen MR) is 314 cm³/mol. The molecule has 0 radical (unpaired) electrons. The van der Waals surface area contributed by atoms with Crippen molar-refractivity contribution in [3.05, 3.63) is 259 Å². The number of aryl methyl sites for hydroxylation is 1. The lowest BCUT2D eigenvalue weighted by molar-refractivity contribution is 0.332. The van der Waals surface area contributed by atoms with Crippen molar-refractivity contribution in [3.8, 4) is 12.3 Å². The van der Waals surface area contributed by atoms with Gasteiger partial charge in [-0.25, -0.2) is 0 Å². The number of nitrogens with zero attached hydrogens (tertiary/aromatic N) is 1. The number of anilines is 1. The number of para-hydroxylation sites is 1. The van der Waals surface area contributed by atoms with Crippen LogP contribution in [0.25, 0.3) is 11.1 Å². The average Bonchev–Trinajstić information content (AvgIpc) is 3.60. The number of benzene rings is 6. The van der Waals surface area contributed by atoms with Crippen molar-refractivity contribution in [2.45, 2.75) is 129 Å². The maximum absolute atomic E-state index is 7.87. The third-order valence-electron chi connectivity index (χ3n) is 17.6. The molecule has 4 aliphatic rings. The maximum atomic E-state index is 7.87. The highest BCUT2D eigenvalue weighted by molar-refractivity contribution is 6.36. The highest BCUT2D eigenvalue weighted by Gasteiger charge is 2.48. The first-order chi connectivity index (χ1) is 35.0. The molecule has 2 unspecified atom stereocenters. The van der Waals surface area contributed by atoms with E-state index in [1.165, 1.54) is 94.7 Å². The maximum Gasteiger partial charge on any atom is 0.142 e. The van der Waals surface area contributed by atoms with Crippen molar-refractivity contribution in [2.24, 2.45) is 5.73 Å². The molecule has 6 aromatic rings. The molecule has 2 nitrogen and oxygen atoms in total. The van der Waals surface area contributed by atoms with E-state index in [9.17, 15) is 0 Å². The van der Waals surface area contributed by atoms with Gasteiger partial charge in [-0.15, -0.1) is 6.42 Å². The summed E-state index contributed by atoms with van der Waals surface area (Å²) >= 11 is 0. The SMILES string of the molecule is Bc1cccc2c1N(C(=C/CC)/C(=C(/C1=CC3=C(CC1N)C(C)(C)c1ccccc13)C(C)c1ccccc1C)c1ccc3c(c1)C(C)(C)CCC3(C)C)C(C)=C(/C=C\C#C)C2(c1ccccc1)c1ccccc1. The van der Waals surface area contributed by atoms with E-state index >= 15 is 0 Å². The van der Waals surface area contributed by atoms with Gasteiger partial charge in [0.05, 0.1) is 5.41 Å². The van der Waals surface area contributed by atoms with Crippen LogP contribution in [0.15, 0.2) is 204 Å². The Balaban J connectivity index is 1.39. The largest absolute Gasteiger partial charge is 0.324 e. The second kappa shape index (κ2) is 18.9. The number of terminal acetylenes is 1. The second-order valence-electron chi connectivity index (χ2n) is 23.2. The van der Waals surface area contributed by atoms with Gasteiger partial charge in [-0.1, -0.05) is 224 Å². The van der Waals surface area contributed by atoms with Gasteiger partial charge in [0.15, 0.2) is 0 Å². The van der Waals surface area contributed by atoms with Crippen LogP contribution >= 0.6 is 0 Å². The minimum Gasteiger partial charge on any atom is -0.324 e. The molecule has 10 rings (SSSR count). The van der Waals surface area contributed by atoms with Crippen LogP contribution in [0.2, 0.25) is 0 Å². The highest BCUT2D eigenvalue weighted by Crippen LogP contribution is 2.58. The summed E-state index contributed by atoms with van der Waals surface area (Å²) in [5.41, 5.74) is 32.3. The molecule has 6 aromatic carbocycles. The lowest BCUT2D eigenvalue weighted by Gasteiger charge is -2.48. The first-order valence-electron chi connectivity index (χ1n) is 26.8. The van der Waals surface area contributed by atoms with Crippen LogP contribution in [0.5, 0.6) is 0 Å². The summed E-state index contributed by atoms with van der Waals surface area (Å²) in [4.78, 5) is 2.62. The summed E-state index contributed by atoms with van der Waals surface area (Å²) < 4.78 is 0. The standard InChI is InChI=1S/C70H73BN2/c1-12-14-34-55-47(5)73(66-58(36-25-37-61(66)71)70(55,49-28-17-15-18-29-49)50-30-19-16-20-31-50)63(26-13-2)65(48-38-39-57-60(42-48)68(8,9)41-40-67(57,6)7)64(46(4)51-32-22-21-27-45(51)3)54-43-53-52-33-23-24-35-56(52)69(10,11)59(53)44-62(54)72/h1,14-39,42-43,46,62H,13,40-41,44,71-72H2,2-11H3/b34-14-,63-26+,65-64+. The van der Waals surface area contributed by atoms with Crippen molar-refractivity contribution < 1.29 is 0 Å². The smallest absolute Gasteiger partial charge is 0.142 e. The van der Waals surface area contributed by atoms with Gasteiger partial charge in [-0.3, -0.25) is 0 Å². The average molecular weight is 953 g/mol. The Bertz CT molecular complexity index is 3360. The molecule has 0 spiro atoms. The molecule has 0 fully saturated rings. The zero-order chi connectivity index (χ0) is 51.6. The quantitative estimate of drug-likeness (QED) is 0.0842. The Kier molecular flexibility index (Phi) is 12.9. The van der Waals surface area contributed by atoms with E-state index in [0.29, 0.717) is 0 Å². The second-order valence-corrected chi connectivity index (χ2v) is 23.2. The summed E-state index contributed by atoms with van der Waals surface area (Å²) in [7, 11) is 2.29. The van der Waals surface area contributed by atoms with Gasteiger partial charge in [0, 0.05) is 40.0 Å². The highest BCUT2D eigenvalue weighted by atomic mass is 15.2. The normalized spacial score (nSPS) is 20.1. The number of fused-ring (bicyclic) bond motifs is 4. The zero-order valence-electron chi connectivity index (χ0n) is 45.3. The molecule has 3 aliphatic carbocycles. The summed E-state index contributed by atoms with van der Waals surface area (Å²) in [6.45, 7) is 23.9. The molecule has 0 aromatic heterocycles. The van der Waals surface area contributed by atoms with Crippen molar-refractivity contribution >= 4 is 30.1 Å². The van der Waals surface area contributed by atoms with Crippen LogP contribution in [-0.4, -0.2) is 13.9 Å². The monoisotopic (exact) mass is 953 g/mol. The van der Waals surface area contributed by atoms with Crippen molar-refractivity contribution in [1.29, 1.82) is 0 Å². The van der Waals surface area contributed by atoms with Crippen LogP contribution in [-0.2, 0) is 21.7 Å². The predicted octanol–water partition coefficient (Wildman–Crippen LogP) is 15.2.